The number of rotatable bonds is 9. The Bertz CT molecular complexity index is 700. The number of ether oxygens (including phenoxy) is 1. The average Bonchev–Trinajstić information content (AvgIpc) is 3.12. The average molecular weight is 367 g/mol. The molecule has 0 spiro atoms. The molecule has 1 unspecified atom stereocenters. The fraction of sp³-hybridized carbons (Fsp3) is 0.435. The highest BCUT2D eigenvalue weighted by atomic mass is 16.5. The lowest BCUT2D eigenvalue weighted by molar-refractivity contribution is -0.116. The highest BCUT2D eigenvalue weighted by molar-refractivity contribution is 5.90. The van der Waals surface area contributed by atoms with Gasteiger partial charge in [-0.15, -0.1) is 0 Å². The second-order valence-corrected chi connectivity index (χ2v) is 7.39. The largest absolute Gasteiger partial charge is 0.381 e. The molecule has 2 aromatic carbocycles. The van der Waals surface area contributed by atoms with Crippen LogP contribution in [0.25, 0.3) is 0 Å². The molecule has 4 nitrogen and oxygen atoms in total. The SMILES string of the molecule is CC1CCN(c2ccc(NC(=O)CCCOCCc3ccccc3)cc2)C1. The number of hydrogen-bond donors (Lipinski definition) is 1. The van der Waals surface area contributed by atoms with E-state index in [0.717, 1.165) is 37.5 Å². The van der Waals surface area contributed by atoms with E-state index < -0.39 is 0 Å². The first-order chi connectivity index (χ1) is 13.2. The Kier molecular flexibility index (Phi) is 7.28. The first kappa shape index (κ1) is 19.4. The van der Waals surface area contributed by atoms with Crippen LogP contribution in [0.2, 0.25) is 0 Å². The van der Waals surface area contributed by atoms with Crippen molar-refractivity contribution >= 4 is 17.3 Å². The number of carbonyl (C=O) groups excluding carboxylic acids is 1. The van der Waals surface area contributed by atoms with Gasteiger partial charge in [-0.05, 0) is 55.0 Å². The van der Waals surface area contributed by atoms with Crippen molar-refractivity contribution in [3.8, 4) is 0 Å². The first-order valence-corrected chi connectivity index (χ1v) is 9.97. The topological polar surface area (TPSA) is 41.6 Å². The lowest BCUT2D eigenvalue weighted by Gasteiger charge is -2.18. The summed E-state index contributed by atoms with van der Waals surface area (Å²) in [6, 6.07) is 18.5. The quantitative estimate of drug-likeness (QED) is 0.664. The van der Waals surface area contributed by atoms with E-state index in [9.17, 15) is 4.79 Å². The summed E-state index contributed by atoms with van der Waals surface area (Å²) in [6.07, 6.45) is 3.39. The standard InChI is InChI=1S/C23H30N2O2/c1-19-13-15-25(18-19)22-11-9-21(10-12-22)24-23(26)8-5-16-27-17-14-20-6-3-2-4-7-20/h2-4,6-7,9-12,19H,5,8,13-18H2,1H3,(H,24,26). The van der Waals surface area contributed by atoms with Crippen LogP contribution in [0.15, 0.2) is 54.6 Å². The number of carbonyl (C=O) groups is 1. The van der Waals surface area contributed by atoms with Crippen LogP contribution in [0, 0.1) is 5.92 Å². The fourth-order valence-corrected chi connectivity index (χ4v) is 3.42. The first-order valence-electron chi connectivity index (χ1n) is 9.97. The number of nitrogens with one attached hydrogen (secondary N) is 1. The summed E-state index contributed by atoms with van der Waals surface area (Å²) < 4.78 is 5.63. The molecule has 1 heterocycles. The van der Waals surface area contributed by atoms with Crippen molar-refractivity contribution < 1.29 is 9.53 Å². The predicted molar refractivity (Wildman–Crippen MR) is 111 cm³/mol. The van der Waals surface area contributed by atoms with E-state index in [-0.39, 0.29) is 5.91 Å². The van der Waals surface area contributed by atoms with Gasteiger partial charge in [0, 0.05) is 37.5 Å². The van der Waals surface area contributed by atoms with Crippen LogP contribution in [0.5, 0.6) is 0 Å². The van der Waals surface area contributed by atoms with E-state index in [1.54, 1.807) is 0 Å². The van der Waals surface area contributed by atoms with Crippen molar-refractivity contribution in [2.24, 2.45) is 5.92 Å². The summed E-state index contributed by atoms with van der Waals surface area (Å²) in [5.41, 5.74) is 3.38. The predicted octanol–water partition coefficient (Wildman–Crippen LogP) is 4.51. The maximum atomic E-state index is 12.1. The minimum atomic E-state index is 0.0456. The van der Waals surface area contributed by atoms with Gasteiger partial charge in [0.05, 0.1) is 6.61 Å². The molecule has 0 saturated carbocycles. The molecular formula is C23H30N2O2. The molecule has 0 aromatic heterocycles. The van der Waals surface area contributed by atoms with E-state index in [1.807, 2.05) is 30.3 Å². The van der Waals surface area contributed by atoms with Crippen molar-refractivity contribution in [1.29, 1.82) is 0 Å². The Balaban J connectivity index is 1.30. The molecule has 2 aromatic rings. The molecule has 1 saturated heterocycles. The van der Waals surface area contributed by atoms with Crippen molar-refractivity contribution in [1.82, 2.24) is 0 Å². The third-order valence-electron chi connectivity index (χ3n) is 5.01. The molecule has 3 rings (SSSR count). The van der Waals surface area contributed by atoms with Crippen LogP contribution < -0.4 is 10.2 Å². The molecule has 1 N–H and O–H groups in total. The van der Waals surface area contributed by atoms with Gasteiger partial charge in [-0.1, -0.05) is 37.3 Å². The van der Waals surface area contributed by atoms with Crippen LogP contribution in [-0.4, -0.2) is 32.2 Å². The summed E-state index contributed by atoms with van der Waals surface area (Å²) >= 11 is 0. The minimum absolute atomic E-state index is 0.0456. The van der Waals surface area contributed by atoms with Gasteiger partial charge in [-0.2, -0.15) is 0 Å². The second kappa shape index (κ2) is 10.1. The van der Waals surface area contributed by atoms with Crippen LogP contribution in [0.4, 0.5) is 11.4 Å². The summed E-state index contributed by atoms with van der Waals surface area (Å²) in [5.74, 6) is 0.809. The Morgan fingerprint density at radius 3 is 2.59 bits per heavy atom. The Hall–Kier alpha value is -2.33. The molecule has 4 heteroatoms. The van der Waals surface area contributed by atoms with Gasteiger partial charge in [0.1, 0.15) is 0 Å². The van der Waals surface area contributed by atoms with E-state index in [0.29, 0.717) is 19.6 Å². The third kappa shape index (κ3) is 6.40. The maximum absolute atomic E-state index is 12.1. The Morgan fingerprint density at radius 2 is 1.89 bits per heavy atom. The molecule has 1 amide bonds. The lowest BCUT2D eigenvalue weighted by Crippen LogP contribution is -2.19. The smallest absolute Gasteiger partial charge is 0.224 e. The highest BCUT2D eigenvalue weighted by Crippen LogP contribution is 2.24. The molecule has 1 aliphatic heterocycles. The minimum Gasteiger partial charge on any atom is -0.381 e. The maximum Gasteiger partial charge on any atom is 0.224 e. The van der Waals surface area contributed by atoms with E-state index in [2.05, 4.69) is 41.4 Å². The second-order valence-electron chi connectivity index (χ2n) is 7.39. The Labute approximate surface area is 162 Å². The number of amides is 1. The van der Waals surface area contributed by atoms with Gasteiger partial charge in [-0.25, -0.2) is 0 Å². The molecule has 0 aliphatic carbocycles. The van der Waals surface area contributed by atoms with Gasteiger partial charge >= 0.3 is 0 Å². The van der Waals surface area contributed by atoms with Gasteiger partial charge in [0.15, 0.2) is 0 Å². The van der Waals surface area contributed by atoms with Gasteiger partial charge < -0.3 is 15.0 Å². The van der Waals surface area contributed by atoms with Gasteiger partial charge in [0.25, 0.3) is 0 Å². The van der Waals surface area contributed by atoms with E-state index >= 15 is 0 Å². The molecule has 1 fully saturated rings. The van der Waals surface area contributed by atoms with Gasteiger partial charge in [0.2, 0.25) is 5.91 Å². The van der Waals surface area contributed by atoms with Crippen LogP contribution in [0.3, 0.4) is 0 Å². The highest BCUT2D eigenvalue weighted by Gasteiger charge is 2.18. The van der Waals surface area contributed by atoms with Crippen molar-refractivity contribution in [2.75, 3.05) is 36.5 Å². The fourth-order valence-electron chi connectivity index (χ4n) is 3.42. The monoisotopic (exact) mass is 366 g/mol. The molecule has 27 heavy (non-hydrogen) atoms. The number of benzene rings is 2. The molecule has 0 radical (unpaired) electrons. The van der Waals surface area contributed by atoms with Crippen LogP contribution in [-0.2, 0) is 16.0 Å². The molecule has 0 bridgehead atoms. The zero-order chi connectivity index (χ0) is 18.9. The normalized spacial score (nSPS) is 16.5. The van der Waals surface area contributed by atoms with Gasteiger partial charge in [-0.3, -0.25) is 4.79 Å². The summed E-state index contributed by atoms with van der Waals surface area (Å²) in [6.45, 7) is 5.85. The molecule has 144 valence electrons. The number of hydrogen-bond acceptors (Lipinski definition) is 3. The number of anilines is 2. The van der Waals surface area contributed by atoms with Crippen LogP contribution in [0.1, 0.15) is 31.7 Å². The van der Waals surface area contributed by atoms with Crippen molar-refractivity contribution in [3.63, 3.8) is 0 Å². The summed E-state index contributed by atoms with van der Waals surface area (Å²) in [4.78, 5) is 14.5. The van der Waals surface area contributed by atoms with Crippen LogP contribution >= 0.6 is 0 Å². The molecule has 1 aliphatic rings. The van der Waals surface area contributed by atoms with Crippen molar-refractivity contribution in [3.05, 3.63) is 60.2 Å². The summed E-state index contributed by atoms with van der Waals surface area (Å²) in [7, 11) is 0. The molecular weight excluding hydrogens is 336 g/mol. The van der Waals surface area contributed by atoms with Crippen molar-refractivity contribution in [2.45, 2.75) is 32.6 Å². The van der Waals surface area contributed by atoms with E-state index in [1.165, 1.54) is 17.7 Å². The lowest BCUT2D eigenvalue weighted by atomic mass is 10.2. The zero-order valence-corrected chi connectivity index (χ0v) is 16.2. The third-order valence-corrected chi connectivity index (χ3v) is 5.01. The zero-order valence-electron chi connectivity index (χ0n) is 16.2. The molecule has 1 atom stereocenters. The Morgan fingerprint density at radius 1 is 1.11 bits per heavy atom. The summed E-state index contributed by atoms with van der Waals surface area (Å²) in [5, 5.41) is 2.97. The van der Waals surface area contributed by atoms with E-state index in [4.69, 9.17) is 4.74 Å². The number of nitrogens with zero attached hydrogens (tertiary/aromatic N) is 1.